The maximum Gasteiger partial charge on any atom is 0.265 e. The lowest BCUT2D eigenvalue weighted by Gasteiger charge is -2.03. The molecule has 144 valence electrons. The molecule has 2 aromatic carbocycles. The molecule has 0 N–H and O–H groups in total. The monoisotopic (exact) mass is 388 g/mol. The van der Waals surface area contributed by atoms with E-state index in [0.29, 0.717) is 0 Å². The van der Waals surface area contributed by atoms with Crippen LogP contribution in [-0.2, 0) is 13.1 Å². The molecule has 0 saturated heterocycles. The molecular formula is C28H24N2+2. The molecule has 0 aliphatic carbocycles. The average molecular weight is 389 g/mol. The van der Waals surface area contributed by atoms with Crippen molar-refractivity contribution in [2.24, 2.45) is 0 Å². The van der Waals surface area contributed by atoms with Crippen molar-refractivity contribution in [1.29, 1.82) is 0 Å². The van der Waals surface area contributed by atoms with E-state index in [2.05, 4.69) is 112 Å². The van der Waals surface area contributed by atoms with Crippen LogP contribution >= 0.6 is 0 Å². The fraction of sp³-hybridized carbons (Fsp3) is 0.143. The summed E-state index contributed by atoms with van der Waals surface area (Å²) in [6.45, 7) is 7.32. The van der Waals surface area contributed by atoms with E-state index in [1.807, 2.05) is 13.0 Å². The summed E-state index contributed by atoms with van der Waals surface area (Å²) in [5.74, 6) is 13.1. The van der Waals surface area contributed by atoms with Crippen LogP contribution in [0.3, 0.4) is 0 Å². The third-order valence-corrected chi connectivity index (χ3v) is 5.15. The summed E-state index contributed by atoms with van der Waals surface area (Å²) in [6, 6.07) is 21.1. The minimum Gasteiger partial charge on any atom is -0.190 e. The molecule has 0 unspecified atom stereocenters. The first-order valence-corrected chi connectivity index (χ1v) is 10.2. The maximum absolute atomic E-state index is 3.91. The highest BCUT2D eigenvalue weighted by molar-refractivity contribution is 5.87. The number of nitrogens with zero attached hydrogens (tertiary/aromatic N) is 2. The van der Waals surface area contributed by atoms with Gasteiger partial charge in [-0.15, -0.1) is 5.92 Å². The van der Waals surface area contributed by atoms with Gasteiger partial charge in [0, 0.05) is 24.0 Å². The molecule has 0 fully saturated rings. The molecule has 2 nitrogen and oxygen atoms in total. The third kappa shape index (κ3) is 3.95. The van der Waals surface area contributed by atoms with Crippen LogP contribution in [0.1, 0.15) is 24.7 Å². The van der Waals surface area contributed by atoms with Crippen molar-refractivity contribution in [2.45, 2.75) is 26.4 Å². The van der Waals surface area contributed by atoms with Gasteiger partial charge in [0.2, 0.25) is 0 Å². The maximum atomic E-state index is 3.91. The average Bonchev–Trinajstić information content (AvgIpc) is 2.79. The minimum atomic E-state index is 0.719. The fourth-order valence-corrected chi connectivity index (χ4v) is 3.69. The second-order valence-corrected chi connectivity index (χ2v) is 7.06. The molecule has 0 saturated carbocycles. The van der Waals surface area contributed by atoms with Gasteiger partial charge in [0.25, 0.3) is 11.4 Å². The summed E-state index contributed by atoms with van der Waals surface area (Å²) >= 11 is 0. The van der Waals surface area contributed by atoms with E-state index in [-0.39, 0.29) is 0 Å². The molecule has 0 spiro atoms. The summed E-state index contributed by atoms with van der Waals surface area (Å²) < 4.78 is 4.36. The van der Waals surface area contributed by atoms with Crippen LogP contribution in [0.25, 0.3) is 21.5 Å². The lowest BCUT2D eigenvalue weighted by molar-refractivity contribution is -0.697. The van der Waals surface area contributed by atoms with Gasteiger partial charge in [0.15, 0.2) is 25.5 Å². The quantitative estimate of drug-likeness (QED) is 0.275. The molecule has 2 heterocycles. The zero-order chi connectivity index (χ0) is 20.8. The summed E-state index contributed by atoms with van der Waals surface area (Å²) in [5, 5.41) is 4.69. The first kappa shape index (κ1) is 19.4. The van der Waals surface area contributed by atoms with E-state index in [0.717, 1.165) is 41.7 Å². The first-order valence-electron chi connectivity index (χ1n) is 10.2. The van der Waals surface area contributed by atoms with Crippen molar-refractivity contribution in [3.05, 3.63) is 97.1 Å². The molecule has 0 atom stereocenters. The highest BCUT2D eigenvalue weighted by Gasteiger charge is 2.15. The molecule has 0 bridgehead atoms. The molecule has 30 heavy (non-hydrogen) atoms. The van der Waals surface area contributed by atoms with E-state index >= 15 is 0 Å². The van der Waals surface area contributed by atoms with E-state index in [9.17, 15) is 0 Å². The van der Waals surface area contributed by atoms with Gasteiger partial charge in [-0.2, -0.15) is 9.13 Å². The normalized spacial score (nSPS) is 10.2. The molecule has 2 heteroatoms. The summed E-state index contributed by atoms with van der Waals surface area (Å²) in [5.41, 5.74) is 2.02. The van der Waals surface area contributed by atoms with Crippen LogP contribution in [-0.4, -0.2) is 0 Å². The highest BCUT2D eigenvalue weighted by Crippen LogP contribution is 2.17. The van der Waals surface area contributed by atoms with Crippen LogP contribution in [0.5, 0.6) is 0 Å². The number of allylic oxidation sites excluding steroid dienone is 1. The third-order valence-electron chi connectivity index (χ3n) is 5.15. The van der Waals surface area contributed by atoms with Crippen molar-refractivity contribution < 1.29 is 9.13 Å². The van der Waals surface area contributed by atoms with Gasteiger partial charge >= 0.3 is 0 Å². The van der Waals surface area contributed by atoms with Crippen LogP contribution < -0.4 is 9.13 Å². The van der Waals surface area contributed by atoms with Gasteiger partial charge in [-0.05, 0) is 35.9 Å². The van der Waals surface area contributed by atoms with Crippen LogP contribution in [0, 0.1) is 23.7 Å². The van der Waals surface area contributed by atoms with Crippen LogP contribution in [0.4, 0.5) is 0 Å². The Hall–Kier alpha value is -3.88. The predicted octanol–water partition coefficient (Wildman–Crippen LogP) is 4.57. The second kappa shape index (κ2) is 9.08. The molecule has 2 aromatic heterocycles. The van der Waals surface area contributed by atoms with E-state index in [1.165, 1.54) is 10.8 Å². The Morgan fingerprint density at radius 2 is 1.37 bits per heavy atom. The van der Waals surface area contributed by atoms with Crippen molar-refractivity contribution in [2.75, 3.05) is 0 Å². The standard InChI is InChI=1S/C28H24N2/c1-3-5-10-20-30-22-18-24-12-7-9-14-26(24)28(30)16-15-27-25-13-8-6-11-23(25)17-21-29(27)19-4-2/h4,6-9,11-14,17-18,21-22H,2,10,19-20H2,1H3/q+2. The largest absolute Gasteiger partial charge is 0.265 e. The molecule has 0 radical (unpaired) electrons. The van der Waals surface area contributed by atoms with E-state index < -0.39 is 0 Å². The zero-order valence-corrected chi connectivity index (χ0v) is 17.2. The molecule has 0 aliphatic heterocycles. The van der Waals surface area contributed by atoms with Crippen molar-refractivity contribution in [1.82, 2.24) is 0 Å². The number of hydrogen-bond donors (Lipinski definition) is 0. The highest BCUT2D eigenvalue weighted by atomic mass is 15.0. The van der Waals surface area contributed by atoms with Gasteiger partial charge in [-0.3, -0.25) is 0 Å². The fourth-order valence-electron chi connectivity index (χ4n) is 3.69. The molecule has 4 aromatic rings. The number of rotatable bonds is 4. The topological polar surface area (TPSA) is 7.76 Å². The Morgan fingerprint density at radius 3 is 1.97 bits per heavy atom. The Morgan fingerprint density at radius 1 is 0.800 bits per heavy atom. The Kier molecular flexibility index (Phi) is 5.88. The van der Waals surface area contributed by atoms with Crippen molar-refractivity contribution in [3.63, 3.8) is 0 Å². The lowest BCUT2D eigenvalue weighted by Crippen LogP contribution is -2.38. The smallest absolute Gasteiger partial charge is 0.190 e. The zero-order valence-electron chi connectivity index (χ0n) is 17.2. The van der Waals surface area contributed by atoms with Crippen LogP contribution in [0.2, 0.25) is 0 Å². The Balaban J connectivity index is 1.92. The molecule has 0 aliphatic rings. The lowest BCUT2D eigenvalue weighted by atomic mass is 10.1. The van der Waals surface area contributed by atoms with Gasteiger partial charge in [0.05, 0.1) is 17.2 Å². The van der Waals surface area contributed by atoms with E-state index in [1.54, 1.807) is 0 Å². The summed E-state index contributed by atoms with van der Waals surface area (Å²) in [6.07, 6.45) is 6.91. The van der Waals surface area contributed by atoms with Gasteiger partial charge in [-0.25, -0.2) is 0 Å². The number of aromatic nitrogens is 2. The minimum absolute atomic E-state index is 0.719. The Bertz CT molecular complexity index is 1360. The van der Waals surface area contributed by atoms with Crippen LogP contribution in [0.15, 0.2) is 85.7 Å². The van der Waals surface area contributed by atoms with E-state index in [4.69, 9.17) is 0 Å². The van der Waals surface area contributed by atoms with Gasteiger partial charge in [-0.1, -0.05) is 48.9 Å². The number of benzene rings is 2. The van der Waals surface area contributed by atoms with Crippen molar-refractivity contribution >= 4 is 21.5 Å². The second-order valence-electron chi connectivity index (χ2n) is 7.06. The molecule has 4 rings (SSSR count). The van der Waals surface area contributed by atoms with Crippen molar-refractivity contribution in [3.8, 4) is 23.7 Å². The number of fused-ring (bicyclic) bond motifs is 2. The predicted molar refractivity (Wildman–Crippen MR) is 123 cm³/mol. The first-order chi connectivity index (χ1) is 14.8. The SMILES string of the molecule is C=CC[n+]1ccc2ccccc2c1C#Cc1c2ccccc2cc[n+]1CCC#CC. The molecule has 0 amide bonds. The Labute approximate surface area is 178 Å². The van der Waals surface area contributed by atoms with Gasteiger partial charge in [0.1, 0.15) is 0 Å². The molecular weight excluding hydrogens is 364 g/mol. The summed E-state index contributed by atoms with van der Waals surface area (Å²) in [4.78, 5) is 0. The summed E-state index contributed by atoms with van der Waals surface area (Å²) in [7, 11) is 0. The number of aryl methyl sites for hydroxylation is 1. The number of hydrogen-bond acceptors (Lipinski definition) is 0. The number of pyridine rings is 2. The van der Waals surface area contributed by atoms with Gasteiger partial charge < -0.3 is 0 Å².